The van der Waals surface area contributed by atoms with E-state index in [0.29, 0.717) is 0 Å². The minimum atomic E-state index is 0.769. The second-order valence-corrected chi connectivity index (χ2v) is 4.84. The number of pyridine rings is 1. The quantitative estimate of drug-likeness (QED) is 0.884. The van der Waals surface area contributed by atoms with Crippen molar-refractivity contribution in [3.8, 4) is 0 Å². The molecule has 17 heavy (non-hydrogen) atoms. The number of aromatic nitrogens is 1. The largest absolute Gasteiger partial charge is 0.397 e. The van der Waals surface area contributed by atoms with Gasteiger partial charge >= 0.3 is 0 Å². The summed E-state index contributed by atoms with van der Waals surface area (Å²) >= 11 is 3.40. The molecule has 1 heterocycles. The summed E-state index contributed by atoms with van der Waals surface area (Å²) in [6.07, 6.45) is 3.64. The van der Waals surface area contributed by atoms with Gasteiger partial charge in [0.15, 0.2) is 0 Å². The maximum Gasteiger partial charge on any atom is 0.0601 e. The number of nitrogens with zero attached hydrogens (tertiary/aromatic N) is 2. The van der Waals surface area contributed by atoms with Gasteiger partial charge in [0.25, 0.3) is 0 Å². The van der Waals surface area contributed by atoms with Crippen molar-refractivity contribution < 1.29 is 0 Å². The SMILES string of the molecule is CN(Cc1cccnc1)c1ccc(Br)cc1N. The molecule has 0 atom stereocenters. The van der Waals surface area contributed by atoms with Crippen LogP contribution in [0.25, 0.3) is 0 Å². The van der Waals surface area contributed by atoms with Gasteiger partial charge in [0.05, 0.1) is 11.4 Å². The first-order chi connectivity index (χ1) is 8.16. The van der Waals surface area contributed by atoms with Gasteiger partial charge in [-0.15, -0.1) is 0 Å². The van der Waals surface area contributed by atoms with E-state index in [9.17, 15) is 0 Å². The molecule has 0 aliphatic rings. The first-order valence-electron chi connectivity index (χ1n) is 5.32. The van der Waals surface area contributed by atoms with Crippen molar-refractivity contribution in [3.63, 3.8) is 0 Å². The average molecular weight is 292 g/mol. The highest BCUT2D eigenvalue weighted by atomic mass is 79.9. The Morgan fingerprint density at radius 1 is 1.35 bits per heavy atom. The lowest BCUT2D eigenvalue weighted by molar-refractivity contribution is 0.917. The highest BCUT2D eigenvalue weighted by molar-refractivity contribution is 9.10. The standard InChI is InChI=1S/C13H14BrN3/c1-17(9-10-3-2-6-16-8-10)13-5-4-11(14)7-12(13)15/h2-8H,9,15H2,1H3. The summed E-state index contributed by atoms with van der Waals surface area (Å²) in [5, 5.41) is 0. The van der Waals surface area contributed by atoms with Crippen LogP contribution >= 0.6 is 15.9 Å². The minimum Gasteiger partial charge on any atom is -0.397 e. The van der Waals surface area contributed by atoms with Gasteiger partial charge in [-0.1, -0.05) is 22.0 Å². The van der Waals surface area contributed by atoms with Crippen molar-refractivity contribution in [1.82, 2.24) is 4.98 Å². The summed E-state index contributed by atoms with van der Waals surface area (Å²) in [5.41, 5.74) is 8.95. The fraction of sp³-hybridized carbons (Fsp3) is 0.154. The zero-order valence-corrected chi connectivity index (χ0v) is 11.2. The number of nitrogens with two attached hydrogens (primary N) is 1. The maximum atomic E-state index is 5.99. The molecule has 0 aliphatic carbocycles. The van der Waals surface area contributed by atoms with Crippen molar-refractivity contribution in [2.75, 3.05) is 17.7 Å². The molecule has 0 amide bonds. The molecule has 2 rings (SSSR count). The van der Waals surface area contributed by atoms with E-state index in [4.69, 9.17) is 5.73 Å². The molecule has 0 bridgehead atoms. The third-order valence-corrected chi connectivity index (χ3v) is 3.04. The molecular formula is C13H14BrN3. The first-order valence-corrected chi connectivity index (χ1v) is 6.11. The van der Waals surface area contributed by atoms with E-state index in [1.807, 2.05) is 37.5 Å². The number of anilines is 2. The fourth-order valence-corrected chi connectivity index (χ4v) is 2.10. The van der Waals surface area contributed by atoms with Gasteiger partial charge in [-0.25, -0.2) is 0 Å². The number of hydrogen-bond acceptors (Lipinski definition) is 3. The Morgan fingerprint density at radius 3 is 2.82 bits per heavy atom. The molecule has 0 radical (unpaired) electrons. The lowest BCUT2D eigenvalue weighted by atomic mass is 10.2. The lowest BCUT2D eigenvalue weighted by Gasteiger charge is -2.21. The smallest absolute Gasteiger partial charge is 0.0601 e. The second kappa shape index (κ2) is 5.19. The van der Waals surface area contributed by atoms with Gasteiger partial charge in [0, 0.05) is 30.5 Å². The molecule has 2 N–H and O–H groups in total. The Balaban J connectivity index is 2.17. The molecule has 0 saturated carbocycles. The van der Waals surface area contributed by atoms with Crippen molar-refractivity contribution in [1.29, 1.82) is 0 Å². The van der Waals surface area contributed by atoms with Gasteiger partial charge in [0.1, 0.15) is 0 Å². The Hall–Kier alpha value is -1.55. The molecule has 3 nitrogen and oxygen atoms in total. The van der Waals surface area contributed by atoms with E-state index in [0.717, 1.165) is 28.0 Å². The van der Waals surface area contributed by atoms with Crippen molar-refractivity contribution in [3.05, 3.63) is 52.8 Å². The Labute approximate surface area is 109 Å². The summed E-state index contributed by atoms with van der Waals surface area (Å²) < 4.78 is 0.994. The minimum absolute atomic E-state index is 0.769. The normalized spacial score (nSPS) is 10.2. The molecular weight excluding hydrogens is 278 g/mol. The zero-order chi connectivity index (χ0) is 12.3. The molecule has 0 saturated heterocycles. The van der Waals surface area contributed by atoms with Gasteiger partial charge in [-0.2, -0.15) is 0 Å². The molecule has 4 heteroatoms. The van der Waals surface area contributed by atoms with Gasteiger partial charge in [-0.05, 0) is 29.8 Å². The molecule has 2 aromatic rings. The van der Waals surface area contributed by atoms with E-state index in [-0.39, 0.29) is 0 Å². The number of halogens is 1. The highest BCUT2D eigenvalue weighted by Crippen LogP contribution is 2.26. The lowest BCUT2D eigenvalue weighted by Crippen LogP contribution is -2.17. The number of nitrogen functional groups attached to an aromatic ring is 1. The van der Waals surface area contributed by atoms with Crippen molar-refractivity contribution >= 4 is 27.3 Å². The monoisotopic (exact) mass is 291 g/mol. The van der Waals surface area contributed by atoms with Gasteiger partial charge in [-0.3, -0.25) is 4.98 Å². The Kier molecular flexibility index (Phi) is 3.64. The van der Waals surface area contributed by atoms with Crippen LogP contribution in [0.2, 0.25) is 0 Å². The highest BCUT2D eigenvalue weighted by Gasteiger charge is 2.06. The van der Waals surface area contributed by atoms with E-state index in [1.54, 1.807) is 6.20 Å². The Bertz CT molecular complexity index is 499. The van der Waals surface area contributed by atoms with E-state index >= 15 is 0 Å². The van der Waals surface area contributed by atoms with Crippen molar-refractivity contribution in [2.45, 2.75) is 6.54 Å². The predicted octanol–water partition coefficient (Wildman–Crippen LogP) is 3.06. The molecule has 0 aliphatic heterocycles. The third-order valence-electron chi connectivity index (χ3n) is 2.54. The number of benzene rings is 1. The van der Waals surface area contributed by atoms with Crippen LogP contribution < -0.4 is 10.6 Å². The van der Waals surface area contributed by atoms with Crippen LogP contribution in [0.1, 0.15) is 5.56 Å². The zero-order valence-electron chi connectivity index (χ0n) is 9.60. The fourth-order valence-electron chi connectivity index (χ4n) is 1.72. The first kappa shape index (κ1) is 11.9. The van der Waals surface area contributed by atoms with Crippen LogP contribution in [0.5, 0.6) is 0 Å². The molecule has 0 spiro atoms. The van der Waals surface area contributed by atoms with Crippen LogP contribution in [0.3, 0.4) is 0 Å². The van der Waals surface area contributed by atoms with E-state index in [1.165, 1.54) is 0 Å². The van der Waals surface area contributed by atoms with Crippen LogP contribution in [0.4, 0.5) is 11.4 Å². The third kappa shape index (κ3) is 2.97. The van der Waals surface area contributed by atoms with Crippen LogP contribution in [0.15, 0.2) is 47.2 Å². The van der Waals surface area contributed by atoms with Crippen LogP contribution in [-0.2, 0) is 6.54 Å². The summed E-state index contributed by atoms with van der Waals surface area (Å²) in [6.45, 7) is 0.791. The molecule has 88 valence electrons. The molecule has 0 fully saturated rings. The molecule has 0 unspecified atom stereocenters. The number of hydrogen-bond donors (Lipinski definition) is 1. The Morgan fingerprint density at radius 2 is 2.18 bits per heavy atom. The summed E-state index contributed by atoms with van der Waals surface area (Å²) in [6, 6.07) is 9.91. The molecule has 1 aromatic heterocycles. The predicted molar refractivity (Wildman–Crippen MR) is 74.9 cm³/mol. The van der Waals surface area contributed by atoms with Crippen LogP contribution in [0, 0.1) is 0 Å². The summed E-state index contributed by atoms with van der Waals surface area (Å²) in [4.78, 5) is 6.21. The van der Waals surface area contributed by atoms with E-state index < -0.39 is 0 Å². The summed E-state index contributed by atoms with van der Waals surface area (Å²) in [7, 11) is 2.02. The summed E-state index contributed by atoms with van der Waals surface area (Å²) in [5.74, 6) is 0. The second-order valence-electron chi connectivity index (χ2n) is 3.92. The number of rotatable bonds is 3. The van der Waals surface area contributed by atoms with Crippen molar-refractivity contribution in [2.24, 2.45) is 0 Å². The van der Waals surface area contributed by atoms with Gasteiger partial charge in [0.2, 0.25) is 0 Å². The average Bonchev–Trinajstić information content (AvgIpc) is 2.30. The van der Waals surface area contributed by atoms with Gasteiger partial charge < -0.3 is 10.6 Å². The molecule has 1 aromatic carbocycles. The van der Waals surface area contributed by atoms with Crippen LogP contribution in [-0.4, -0.2) is 12.0 Å². The van der Waals surface area contributed by atoms with E-state index in [2.05, 4.69) is 31.9 Å². The maximum absolute atomic E-state index is 5.99. The topological polar surface area (TPSA) is 42.2 Å².